The summed E-state index contributed by atoms with van der Waals surface area (Å²) in [5.74, 6) is 0.360. The summed E-state index contributed by atoms with van der Waals surface area (Å²) in [6, 6.07) is 7.11. The molecule has 178 valence electrons. The van der Waals surface area contributed by atoms with E-state index < -0.39 is 0 Å². The Kier molecular flexibility index (Phi) is 8.94. The van der Waals surface area contributed by atoms with Crippen molar-refractivity contribution in [3.05, 3.63) is 40.3 Å². The van der Waals surface area contributed by atoms with Crippen molar-refractivity contribution < 1.29 is 23.8 Å². The zero-order valence-electron chi connectivity index (χ0n) is 19.0. The summed E-state index contributed by atoms with van der Waals surface area (Å²) in [5, 5.41) is 8.14. The van der Waals surface area contributed by atoms with Gasteiger partial charge in [0, 0.05) is 38.6 Å². The average Bonchev–Trinajstić information content (AvgIpc) is 2.84. The largest absolute Gasteiger partial charge is 0.491 e. The Morgan fingerprint density at radius 3 is 2.67 bits per heavy atom. The molecule has 1 amide bonds. The summed E-state index contributed by atoms with van der Waals surface area (Å²) in [5.41, 5.74) is 0.515. The van der Waals surface area contributed by atoms with Crippen LogP contribution in [0.3, 0.4) is 0 Å². The molecule has 0 spiro atoms. The van der Waals surface area contributed by atoms with Crippen LogP contribution in [0, 0.1) is 5.92 Å². The fraction of sp³-hybridized carbons (Fsp3) is 0.522. The van der Waals surface area contributed by atoms with Gasteiger partial charge in [-0.1, -0.05) is 0 Å². The Labute approximate surface area is 192 Å². The summed E-state index contributed by atoms with van der Waals surface area (Å²) < 4.78 is 15.5. The second kappa shape index (κ2) is 12.1. The fourth-order valence-electron chi connectivity index (χ4n) is 3.65. The number of methoxy groups -OCH3 is 1. The van der Waals surface area contributed by atoms with E-state index in [1.165, 1.54) is 0 Å². The van der Waals surface area contributed by atoms with Crippen molar-refractivity contribution in [3.63, 3.8) is 0 Å². The molecule has 1 fully saturated rings. The SMILES string of the molecule is CCOC(=O)C1CCCN(C(=O)CCc2nnc(-c3ccc(OCCOC)cc3)[nH]c2=O)C1. The second-order valence-corrected chi connectivity index (χ2v) is 7.75. The fourth-order valence-corrected chi connectivity index (χ4v) is 3.65. The van der Waals surface area contributed by atoms with Crippen LogP contribution < -0.4 is 10.3 Å². The maximum Gasteiger partial charge on any atom is 0.310 e. The zero-order chi connectivity index (χ0) is 23.6. The zero-order valence-corrected chi connectivity index (χ0v) is 19.0. The van der Waals surface area contributed by atoms with Crippen LogP contribution in [0.4, 0.5) is 0 Å². The molecule has 0 bridgehead atoms. The number of H-pyrrole nitrogens is 1. The number of benzene rings is 1. The van der Waals surface area contributed by atoms with E-state index in [0.29, 0.717) is 50.0 Å². The minimum Gasteiger partial charge on any atom is -0.491 e. The van der Waals surface area contributed by atoms with Crippen LogP contribution in [-0.2, 0) is 25.5 Å². The standard InChI is InChI=1S/C23H30N4O6/c1-3-32-23(30)17-5-4-12-27(15-17)20(28)11-10-19-22(29)24-21(26-25-19)16-6-8-18(9-7-16)33-14-13-31-2/h6-9,17H,3-5,10-15H2,1-2H3,(H,24,26,29). The molecule has 2 aromatic rings. The van der Waals surface area contributed by atoms with Gasteiger partial charge in [-0.3, -0.25) is 14.4 Å². The van der Waals surface area contributed by atoms with Gasteiger partial charge in [-0.2, -0.15) is 0 Å². The Bertz CT molecular complexity index is 991. The Morgan fingerprint density at radius 2 is 1.97 bits per heavy atom. The molecule has 1 aliphatic rings. The third-order valence-corrected chi connectivity index (χ3v) is 5.42. The maximum atomic E-state index is 12.6. The number of carbonyl (C=O) groups is 2. The maximum absolute atomic E-state index is 12.6. The van der Waals surface area contributed by atoms with Gasteiger partial charge in [0.1, 0.15) is 18.1 Å². The summed E-state index contributed by atoms with van der Waals surface area (Å²) in [6.07, 6.45) is 1.77. The van der Waals surface area contributed by atoms with Crippen molar-refractivity contribution in [2.75, 3.05) is 40.0 Å². The number of hydrogen-bond acceptors (Lipinski definition) is 8. The van der Waals surface area contributed by atoms with E-state index in [0.717, 1.165) is 12.8 Å². The molecule has 10 nitrogen and oxygen atoms in total. The molecule has 0 radical (unpaired) electrons. The van der Waals surface area contributed by atoms with Gasteiger partial charge < -0.3 is 24.1 Å². The number of nitrogens with one attached hydrogen (secondary N) is 1. The summed E-state index contributed by atoms with van der Waals surface area (Å²) in [7, 11) is 1.61. The quantitative estimate of drug-likeness (QED) is 0.421. The van der Waals surface area contributed by atoms with Gasteiger partial charge in [0.2, 0.25) is 5.91 Å². The van der Waals surface area contributed by atoms with E-state index in [1.807, 2.05) is 0 Å². The highest BCUT2D eigenvalue weighted by atomic mass is 16.5. The molecule has 33 heavy (non-hydrogen) atoms. The number of piperidine rings is 1. The summed E-state index contributed by atoms with van der Waals surface area (Å²) in [6.45, 7) is 3.98. The lowest BCUT2D eigenvalue weighted by atomic mass is 9.98. The number of amides is 1. The van der Waals surface area contributed by atoms with Crippen LogP contribution in [0.2, 0.25) is 0 Å². The predicted molar refractivity (Wildman–Crippen MR) is 120 cm³/mol. The Balaban J connectivity index is 1.55. The third kappa shape index (κ3) is 6.85. The van der Waals surface area contributed by atoms with Gasteiger partial charge in [-0.25, -0.2) is 0 Å². The number of rotatable bonds is 10. The monoisotopic (exact) mass is 458 g/mol. The van der Waals surface area contributed by atoms with Gasteiger partial charge in [0.15, 0.2) is 5.82 Å². The molecule has 1 aromatic carbocycles. The van der Waals surface area contributed by atoms with E-state index in [1.54, 1.807) is 43.2 Å². The third-order valence-electron chi connectivity index (χ3n) is 5.42. The number of ether oxygens (including phenoxy) is 3. The summed E-state index contributed by atoms with van der Waals surface area (Å²) in [4.78, 5) is 41.5. The van der Waals surface area contributed by atoms with Crippen LogP contribution >= 0.6 is 0 Å². The van der Waals surface area contributed by atoms with Gasteiger partial charge in [0.25, 0.3) is 5.56 Å². The van der Waals surface area contributed by atoms with E-state index in [2.05, 4.69) is 15.2 Å². The smallest absolute Gasteiger partial charge is 0.310 e. The first-order valence-corrected chi connectivity index (χ1v) is 11.1. The average molecular weight is 459 g/mol. The first kappa shape index (κ1) is 24.4. The van der Waals surface area contributed by atoms with E-state index in [-0.39, 0.29) is 41.9 Å². The number of nitrogens with zero attached hydrogens (tertiary/aromatic N) is 3. The molecule has 1 atom stereocenters. The topological polar surface area (TPSA) is 124 Å². The molecule has 1 aromatic heterocycles. The number of carbonyl (C=O) groups excluding carboxylic acids is 2. The predicted octanol–water partition coefficient (Wildman–Crippen LogP) is 1.59. The van der Waals surface area contributed by atoms with E-state index >= 15 is 0 Å². The number of esters is 1. The van der Waals surface area contributed by atoms with Crippen molar-refractivity contribution in [3.8, 4) is 17.1 Å². The highest BCUT2D eigenvalue weighted by Crippen LogP contribution is 2.20. The number of aromatic nitrogens is 3. The molecule has 1 unspecified atom stereocenters. The lowest BCUT2D eigenvalue weighted by Gasteiger charge is -2.31. The first-order valence-electron chi connectivity index (χ1n) is 11.1. The van der Waals surface area contributed by atoms with E-state index in [4.69, 9.17) is 14.2 Å². The van der Waals surface area contributed by atoms with E-state index in [9.17, 15) is 14.4 Å². The molecule has 3 rings (SSSR count). The van der Waals surface area contributed by atoms with Gasteiger partial charge in [-0.15, -0.1) is 10.2 Å². The molecule has 1 aliphatic heterocycles. The van der Waals surface area contributed by atoms with Crippen molar-refractivity contribution in [2.45, 2.75) is 32.6 Å². The van der Waals surface area contributed by atoms with Crippen LogP contribution in [0.1, 0.15) is 31.9 Å². The molecule has 10 heteroatoms. The molecular formula is C23H30N4O6. The van der Waals surface area contributed by atoms with Gasteiger partial charge >= 0.3 is 5.97 Å². The van der Waals surface area contributed by atoms with Crippen LogP contribution in [0.15, 0.2) is 29.1 Å². The highest BCUT2D eigenvalue weighted by molar-refractivity contribution is 5.78. The molecule has 1 N–H and O–H groups in total. The summed E-state index contributed by atoms with van der Waals surface area (Å²) >= 11 is 0. The van der Waals surface area contributed by atoms with Gasteiger partial charge in [-0.05, 0) is 44.0 Å². The molecule has 0 saturated carbocycles. The minimum absolute atomic E-state index is 0.113. The van der Waals surface area contributed by atoms with Crippen molar-refractivity contribution in [1.82, 2.24) is 20.1 Å². The van der Waals surface area contributed by atoms with Crippen molar-refractivity contribution >= 4 is 11.9 Å². The second-order valence-electron chi connectivity index (χ2n) is 7.75. The van der Waals surface area contributed by atoms with Crippen LogP contribution in [0.25, 0.3) is 11.4 Å². The normalized spacial score (nSPS) is 15.8. The first-order chi connectivity index (χ1) is 16.0. The lowest BCUT2D eigenvalue weighted by Crippen LogP contribution is -2.43. The van der Waals surface area contributed by atoms with Crippen LogP contribution in [-0.4, -0.2) is 72.0 Å². The molecule has 2 heterocycles. The minimum atomic E-state index is -0.378. The Hall–Kier alpha value is -3.27. The van der Waals surface area contributed by atoms with Gasteiger partial charge in [0.05, 0.1) is 19.1 Å². The molecule has 0 aliphatic carbocycles. The Morgan fingerprint density at radius 1 is 1.18 bits per heavy atom. The molecule has 1 saturated heterocycles. The number of likely N-dealkylation sites (tertiary alicyclic amines) is 1. The lowest BCUT2D eigenvalue weighted by molar-refractivity contribution is -0.151. The number of aromatic amines is 1. The molecular weight excluding hydrogens is 428 g/mol. The highest BCUT2D eigenvalue weighted by Gasteiger charge is 2.29. The number of hydrogen-bond donors (Lipinski definition) is 1. The van der Waals surface area contributed by atoms with Crippen molar-refractivity contribution in [2.24, 2.45) is 5.92 Å². The van der Waals surface area contributed by atoms with Crippen molar-refractivity contribution in [1.29, 1.82) is 0 Å². The van der Waals surface area contributed by atoms with Crippen LogP contribution in [0.5, 0.6) is 5.75 Å². The number of aryl methyl sites for hydroxylation is 1.